The van der Waals surface area contributed by atoms with Gasteiger partial charge in [-0.15, -0.1) is 0 Å². The third-order valence-corrected chi connectivity index (χ3v) is 7.01. The molecule has 0 aliphatic rings. The summed E-state index contributed by atoms with van der Waals surface area (Å²) in [5.41, 5.74) is 0.0980. The van der Waals surface area contributed by atoms with Crippen molar-refractivity contribution in [2.45, 2.75) is 4.90 Å². The number of nitrogens with zero attached hydrogens (tertiary/aromatic N) is 2. The van der Waals surface area contributed by atoms with Crippen LogP contribution in [-0.4, -0.2) is 25.1 Å². The van der Waals surface area contributed by atoms with Crippen LogP contribution in [0.1, 0.15) is 0 Å². The maximum atomic E-state index is 12.9. The van der Waals surface area contributed by atoms with Crippen LogP contribution in [0.2, 0.25) is 10.2 Å². The molecule has 3 rings (SSSR count). The van der Waals surface area contributed by atoms with Crippen LogP contribution in [0.15, 0.2) is 46.1 Å². The Morgan fingerprint density at radius 1 is 1.21 bits per heavy atom. The molecule has 1 aromatic carbocycles. The molecule has 0 fully saturated rings. The van der Waals surface area contributed by atoms with E-state index in [9.17, 15) is 17.4 Å². The van der Waals surface area contributed by atoms with Crippen molar-refractivity contribution in [1.29, 1.82) is 0 Å². The van der Waals surface area contributed by atoms with Crippen LogP contribution in [0.25, 0.3) is 16.6 Å². The molecular weight excluding hydrogens is 472 g/mol. The number of hydrogen-bond acceptors (Lipinski definition) is 6. The van der Waals surface area contributed by atoms with E-state index < -0.39 is 23.2 Å². The molecule has 28 heavy (non-hydrogen) atoms. The van der Waals surface area contributed by atoms with Gasteiger partial charge in [0.2, 0.25) is 0 Å². The second kappa shape index (κ2) is 8.11. The van der Waals surface area contributed by atoms with E-state index in [1.54, 1.807) is 0 Å². The molecule has 1 unspecified atom stereocenters. The number of aromatic nitrogens is 2. The van der Waals surface area contributed by atoms with E-state index in [1.165, 1.54) is 48.1 Å². The summed E-state index contributed by atoms with van der Waals surface area (Å²) in [5, 5.41) is 0.453. The van der Waals surface area contributed by atoms with Crippen molar-refractivity contribution in [2.75, 3.05) is 7.11 Å². The van der Waals surface area contributed by atoms with Gasteiger partial charge in [-0.25, -0.2) is 0 Å². The number of hydrogen-bond donors (Lipinski definition) is 0. The Bertz CT molecular complexity index is 1340. The van der Waals surface area contributed by atoms with Crippen molar-refractivity contribution in [1.82, 2.24) is 9.55 Å². The van der Waals surface area contributed by atoms with Crippen LogP contribution in [0.3, 0.4) is 0 Å². The number of rotatable bonds is 4. The Kier molecular flexibility index (Phi) is 6.15. The van der Waals surface area contributed by atoms with Crippen LogP contribution in [0.4, 0.5) is 4.20 Å². The molecule has 0 spiro atoms. The zero-order chi connectivity index (χ0) is 20.6. The Morgan fingerprint density at radius 2 is 1.93 bits per heavy atom. The molecule has 0 saturated carbocycles. The maximum absolute atomic E-state index is 12.9. The first-order valence-electron chi connectivity index (χ1n) is 7.29. The first-order valence-corrected chi connectivity index (χ1v) is 11.8. The summed E-state index contributed by atoms with van der Waals surface area (Å²) in [7, 11) is -2.58. The van der Waals surface area contributed by atoms with Gasteiger partial charge in [-0.3, -0.25) is 0 Å². The second-order valence-corrected chi connectivity index (χ2v) is 9.41. The van der Waals surface area contributed by atoms with Crippen molar-refractivity contribution in [2.24, 2.45) is 0 Å². The summed E-state index contributed by atoms with van der Waals surface area (Å²) in [6, 6.07) is 7.84. The van der Waals surface area contributed by atoms with Gasteiger partial charge in [0.05, 0.1) is 0 Å². The van der Waals surface area contributed by atoms with Gasteiger partial charge in [0, 0.05) is 0 Å². The number of ether oxygens (including phenoxy) is 1. The zero-order valence-electron chi connectivity index (χ0n) is 13.8. The number of halogens is 3. The molecule has 1 atom stereocenters. The summed E-state index contributed by atoms with van der Waals surface area (Å²) >= 11 is 11.9. The monoisotopic (exact) mass is 480 g/mol. The van der Waals surface area contributed by atoms with Crippen LogP contribution in [0.5, 0.6) is 5.88 Å². The Balaban J connectivity index is 2.30. The fourth-order valence-corrected chi connectivity index (χ4v) is 5.07. The summed E-state index contributed by atoms with van der Waals surface area (Å²) < 4.78 is 47.8. The normalized spacial score (nSPS) is 12.2. The summed E-state index contributed by atoms with van der Waals surface area (Å²) in [5.74, 6) is 0.0437. The fraction of sp³-hybridized carbons (Fsp3) is 0.0667. The average molecular weight is 481 g/mol. The van der Waals surface area contributed by atoms with Gasteiger partial charge in [-0.2, -0.15) is 0 Å². The van der Waals surface area contributed by atoms with E-state index in [2.05, 4.69) is 17.3 Å². The molecule has 2 heterocycles. The van der Waals surface area contributed by atoms with Crippen molar-refractivity contribution < 1.29 is 21.3 Å². The predicted molar refractivity (Wildman–Crippen MR) is 107 cm³/mol. The standard InChI is InChI=1S/C15H9Cl2FN2O5P2S/c1-24-15-12(7-10(16)14(17)19-15)20-11-4-3-9(28(22,23)25-27(18)26)6-8(11)2-5-13(20)21/h2-7H,1H3. The van der Waals surface area contributed by atoms with Crippen LogP contribution in [-0.2, 0) is 14.1 Å². The van der Waals surface area contributed by atoms with E-state index in [-0.39, 0.29) is 26.6 Å². The van der Waals surface area contributed by atoms with Gasteiger partial charge in [0.15, 0.2) is 0 Å². The zero-order valence-corrected chi connectivity index (χ0v) is 18.0. The quantitative estimate of drug-likeness (QED) is 0.385. The average Bonchev–Trinajstić information content (AvgIpc) is 2.62. The molecule has 7 nitrogen and oxygen atoms in total. The van der Waals surface area contributed by atoms with Crippen LogP contribution < -0.4 is 10.3 Å². The molecule has 13 heteroatoms. The predicted octanol–water partition coefficient (Wildman–Crippen LogP) is 5.01. The molecule has 146 valence electrons. The summed E-state index contributed by atoms with van der Waals surface area (Å²) in [6.45, 7) is 0. The van der Waals surface area contributed by atoms with Crippen molar-refractivity contribution in [3.05, 3.63) is 56.9 Å². The molecule has 2 aromatic heterocycles. The molecule has 0 bridgehead atoms. The SMILES string of the molecule is COc1nc(Cl)c(Cl)cc1-n1c(=O)ccc2cc(S(=O)(=O)OP(F)#P)ccc21. The third-order valence-electron chi connectivity index (χ3n) is 3.63. The van der Waals surface area contributed by atoms with Gasteiger partial charge < -0.3 is 0 Å². The molecule has 0 amide bonds. The first-order chi connectivity index (χ1) is 13.1. The molecule has 3 aromatic rings. The minimum absolute atomic E-state index is 0.00411. The molecule has 0 saturated heterocycles. The van der Waals surface area contributed by atoms with Gasteiger partial charge >= 0.3 is 160 Å². The van der Waals surface area contributed by atoms with E-state index in [0.717, 1.165) is 0 Å². The topological polar surface area (TPSA) is 87.5 Å². The molecular formula is C15H9Cl2FN2O5P2S. The first kappa shape index (κ1) is 21.2. The van der Waals surface area contributed by atoms with Gasteiger partial charge in [0.25, 0.3) is 0 Å². The van der Waals surface area contributed by atoms with E-state index >= 15 is 0 Å². The second-order valence-electron chi connectivity index (χ2n) is 5.27. The van der Waals surface area contributed by atoms with Gasteiger partial charge in [-0.05, 0) is 0 Å². The van der Waals surface area contributed by atoms with Crippen molar-refractivity contribution >= 4 is 60.1 Å². The minimum atomic E-state index is -4.35. The number of methoxy groups -OCH3 is 1. The molecule has 0 radical (unpaired) electrons. The van der Waals surface area contributed by atoms with Crippen molar-refractivity contribution in [3.63, 3.8) is 0 Å². The van der Waals surface area contributed by atoms with Crippen LogP contribution in [0, 0.1) is 0 Å². The fourth-order valence-electron chi connectivity index (χ4n) is 2.50. The summed E-state index contributed by atoms with van der Waals surface area (Å²) in [6.07, 6.45) is 0. The van der Waals surface area contributed by atoms with E-state index in [4.69, 9.17) is 27.9 Å². The number of pyridine rings is 2. The molecule has 0 aliphatic carbocycles. The van der Waals surface area contributed by atoms with E-state index in [0.29, 0.717) is 10.9 Å². The Hall–Kier alpha value is -1.47. The Labute approximate surface area is 171 Å². The van der Waals surface area contributed by atoms with Gasteiger partial charge in [-0.1, -0.05) is 11.6 Å². The third kappa shape index (κ3) is 4.10. The molecule has 0 aliphatic heterocycles. The van der Waals surface area contributed by atoms with Crippen LogP contribution >= 0.6 is 39.1 Å². The molecule has 0 N–H and O–H groups in total. The summed E-state index contributed by atoms with van der Waals surface area (Å²) in [4.78, 5) is 16.2. The Morgan fingerprint density at radius 3 is 2.57 bits per heavy atom. The number of benzene rings is 1. The van der Waals surface area contributed by atoms with Gasteiger partial charge in [0.1, 0.15) is 0 Å². The van der Waals surface area contributed by atoms with Crippen molar-refractivity contribution in [3.8, 4) is 11.6 Å². The van der Waals surface area contributed by atoms with E-state index in [1.807, 2.05) is 0 Å². The number of fused-ring (bicyclic) bond motifs is 1.